The van der Waals surface area contributed by atoms with Gasteiger partial charge in [0.05, 0.1) is 18.1 Å². The average molecular weight is 246 g/mol. The summed E-state index contributed by atoms with van der Waals surface area (Å²) in [5.74, 6) is 2.17. The number of nitrogens with zero attached hydrogens (tertiary/aromatic N) is 5. The summed E-state index contributed by atoms with van der Waals surface area (Å²) in [5, 5.41) is 12.0. The minimum Gasteiger partial charge on any atom is -0.337 e. The molecule has 1 atom stereocenters. The smallest absolute Gasteiger partial charge is 0.149 e. The van der Waals surface area contributed by atoms with Crippen LogP contribution >= 0.6 is 0 Å². The van der Waals surface area contributed by atoms with Crippen LogP contribution in [0.15, 0.2) is 12.5 Å². The lowest BCUT2D eigenvalue weighted by atomic mass is 10.3. The topological polar surface area (TPSA) is 60.6 Å². The maximum Gasteiger partial charge on any atom is 0.149 e. The van der Waals surface area contributed by atoms with Crippen molar-refractivity contribution in [3.05, 3.63) is 29.9 Å². The lowest BCUT2D eigenvalue weighted by Crippen LogP contribution is -2.22. The van der Waals surface area contributed by atoms with Gasteiger partial charge in [-0.1, -0.05) is 0 Å². The SMILES string of the molecule is CC(NCc1cncn1C)c1nnc2n1CCC2. The minimum atomic E-state index is 0.208. The van der Waals surface area contributed by atoms with Crippen LogP contribution < -0.4 is 5.32 Å². The van der Waals surface area contributed by atoms with Crippen molar-refractivity contribution in [2.75, 3.05) is 0 Å². The first-order valence-corrected chi connectivity index (χ1v) is 6.36. The molecule has 0 saturated carbocycles. The van der Waals surface area contributed by atoms with Crippen molar-refractivity contribution in [1.82, 2.24) is 29.6 Å². The highest BCUT2D eigenvalue weighted by Gasteiger charge is 2.20. The van der Waals surface area contributed by atoms with Crippen LogP contribution in [0.5, 0.6) is 0 Å². The van der Waals surface area contributed by atoms with Crippen LogP contribution in [0.4, 0.5) is 0 Å². The molecule has 0 aromatic carbocycles. The van der Waals surface area contributed by atoms with Gasteiger partial charge < -0.3 is 14.5 Å². The number of hydrogen-bond donors (Lipinski definition) is 1. The van der Waals surface area contributed by atoms with E-state index >= 15 is 0 Å². The van der Waals surface area contributed by atoms with Crippen molar-refractivity contribution in [3.8, 4) is 0 Å². The number of nitrogens with one attached hydrogen (secondary N) is 1. The molecule has 0 radical (unpaired) electrons. The lowest BCUT2D eigenvalue weighted by Gasteiger charge is -2.13. The number of hydrogen-bond acceptors (Lipinski definition) is 4. The van der Waals surface area contributed by atoms with Crippen molar-refractivity contribution in [1.29, 1.82) is 0 Å². The molecule has 2 aromatic rings. The molecule has 3 rings (SSSR count). The highest BCUT2D eigenvalue weighted by atomic mass is 15.3. The van der Waals surface area contributed by atoms with Crippen LogP contribution in [0.3, 0.4) is 0 Å². The molecule has 0 amide bonds. The summed E-state index contributed by atoms with van der Waals surface area (Å²) in [4.78, 5) is 4.11. The molecule has 0 spiro atoms. The molecule has 1 N–H and O–H groups in total. The van der Waals surface area contributed by atoms with E-state index in [4.69, 9.17) is 0 Å². The summed E-state index contributed by atoms with van der Waals surface area (Å²) in [6, 6.07) is 0.208. The fourth-order valence-electron chi connectivity index (χ4n) is 2.40. The molecule has 6 heteroatoms. The molecule has 96 valence electrons. The molecule has 2 aromatic heterocycles. The number of rotatable bonds is 4. The van der Waals surface area contributed by atoms with Gasteiger partial charge in [0.25, 0.3) is 0 Å². The maximum absolute atomic E-state index is 4.29. The first-order chi connectivity index (χ1) is 8.75. The Morgan fingerprint density at radius 3 is 3.11 bits per heavy atom. The highest BCUT2D eigenvalue weighted by molar-refractivity contribution is 5.05. The molecule has 1 aliphatic heterocycles. The average Bonchev–Trinajstić information content (AvgIpc) is 3.01. The zero-order valence-corrected chi connectivity index (χ0v) is 10.8. The molecule has 0 bridgehead atoms. The van der Waals surface area contributed by atoms with Gasteiger partial charge in [0, 0.05) is 32.8 Å². The Morgan fingerprint density at radius 1 is 1.44 bits per heavy atom. The first-order valence-electron chi connectivity index (χ1n) is 6.36. The second-order valence-corrected chi connectivity index (χ2v) is 4.83. The van der Waals surface area contributed by atoms with Crippen molar-refractivity contribution < 1.29 is 0 Å². The molecule has 1 aliphatic rings. The van der Waals surface area contributed by atoms with Crippen molar-refractivity contribution in [2.45, 2.75) is 38.9 Å². The van der Waals surface area contributed by atoms with Gasteiger partial charge in [0.2, 0.25) is 0 Å². The van der Waals surface area contributed by atoms with E-state index in [0.717, 1.165) is 31.2 Å². The third kappa shape index (κ3) is 1.92. The largest absolute Gasteiger partial charge is 0.337 e. The normalized spacial score (nSPS) is 15.9. The van der Waals surface area contributed by atoms with Gasteiger partial charge in [0.15, 0.2) is 0 Å². The summed E-state index contributed by atoms with van der Waals surface area (Å²) < 4.78 is 4.26. The highest BCUT2D eigenvalue weighted by Crippen LogP contribution is 2.19. The first kappa shape index (κ1) is 11.4. The van der Waals surface area contributed by atoms with Gasteiger partial charge in [-0.05, 0) is 13.3 Å². The zero-order chi connectivity index (χ0) is 12.5. The second-order valence-electron chi connectivity index (χ2n) is 4.83. The lowest BCUT2D eigenvalue weighted by molar-refractivity contribution is 0.506. The van der Waals surface area contributed by atoms with E-state index in [-0.39, 0.29) is 6.04 Å². The van der Waals surface area contributed by atoms with Gasteiger partial charge in [-0.25, -0.2) is 4.98 Å². The maximum atomic E-state index is 4.29. The second kappa shape index (κ2) is 4.53. The van der Waals surface area contributed by atoms with Crippen LogP contribution in [-0.2, 0) is 26.6 Å². The molecule has 3 heterocycles. The summed E-state index contributed by atoms with van der Waals surface area (Å²) in [6.07, 6.45) is 5.94. The quantitative estimate of drug-likeness (QED) is 0.867. The van der Waals surface area contributed by atoms with Gasteiger partial charge in [-0.2, -0.15) is 0 Å². The Bertz CT molecular complexity index is 541. The van der Waals surface area contributed by atoms with E-state index in [1.807, 2.05) is 24.1 Å². The van der Waals surface area contributed by atoms with Crippen LogP contribution in [-0.4, -0.2) is 24.3 Å². The van der Waals surface area contributed by atoms with Crippen molar-refractivity contribution in [2.24, 2.45) is 7.05 Å². The number of imidazole rings is 1. The molecular formula is C12H18N6. The van der Waals surface area contributed by atoms with Crippen LogP contribution in [0.2, 0.25) is 0 Å². The van der Waals surface area contributed by atoms with E-state index in [0.29, 0.717) is 0 Å². The van der Waals surface area contributed by atoms with Crippen molar-refractivity contribution >= 4 is 0 Å². The van der Waals surface area contributed by atoms with Gasteiger partial charge in [-0.3, -0.25) is 0 Å². The fraction of sp³-hybridized carbons (Fsp3) is 0.583. The minimum absolute atomic E-state index is 0.208. The third-order valence-corrected chi connectivity index (χ3v) is 3.53. The molecule has 18 heavy (non-hydrogen) atoms. The Hall–Kier alpha value is -1.69. The molecule has 0 saturated heterocycles. The van der Waals surface area contributed by atoms with E-state index in [2.05, 4.69) is 32.0 Å². The van der Waals surface area contributed by atoms with E-state index in [9.17, 15) is 0 Å². The third-order valence-electron chi connectivity index (χ3n) is 3.53. The summed E-state index contributed by atoms with van der Waals surface area (Å²) in [6.45, 7) is 3.97. The molecule has 6 nitrogen and oxygen atoms in total. The molecule has 0 aliphatic carbocycles. The van der Waals surface area contributed by atoms with Gasteiger partial charge in [-0.15, -0.1) is 10.2 Å². The van der Waals surface area contributed by atoms with Crippen molar-refractivity contribution in [3.63, 3.8) is 0 Å². The van der Waals surface area contributed by atoms with E-state index < -0.39 is 0 Å². The summed E-state index contributed by atoms with van der Waals surface area (Å²) in [5.41, 5.74) is 1.17. The fourth-order valence-corrected chi connectivity index (χ4v) is 2.40. The predicted octanol–water partition coefficient (Wildman–Crippen LogP) is 0.809. The van der Waals surface area contributed by atoms with Gasteiger partial charge >= 0.3 is 0 Å². The van der Waals surface area contributed by atoms with Crippen LogP contribution in [0.1, 0.15) is 36.7 Å². The van der Waals surface area contributed by atoms with Crippen LogP contribution in [0, 0.1) is 0 Å². The summed E-state index contributed by atoms with van der Waals surface area (Å²) >= 11 is 0. The molecular weight excluding hydrogens is 228 g/mol. The standard InChI is InChI=1S/C12H18N6/c1-9(14-7-10-6-13-8-17(10)2)12-16-15-11-4-3-5-18(11)12/h6,8-9,14H,3-5,7H2,1-2H3. The Kier molecular flexibility index (Phi) is 2.87. The summed E-state index contributed by atoms with van der Waals surface area (Å²) in [7, 11) is 2.00. The zero-order valence-electron chi connectivity index (χ0n) is 10.8. The Labute approximate surface area is 106 Å². The Morgan fingerprint density at radius 2 is 2.33 bits per heavy atom. The monoisotopic (exact) mass is 246 g/mol. The Balaban J connectivity index is 1.68. The number of aryl methyl sites for hydroxylation is 2. The predicted molar refractivity (Wildman–Crippen MR) is 66.8 cm³/mol. The van der Waals surface area contributed by atoms with E-state index in [1.165, 1.54) is 12.1 Å². The van der Waals surface area contributed by atoms with Gasteiger partial charge in [0.1, 0.15) is 11.6 Å². The molecule has 1 unspecified atom stereocenters. The number of aromatic nitrogens is 5. The van der Waals surface area contributed by atoms with E-state index in [1.54, 1.807) is 0 Å². The molecule has 0 fully saturated rings. The van der Waals surface area contributed by atoms with Crippen LogP contribution in [0.25, 0.3) is 0 Å². The number of fused-ring (bicyclic) bond motifs is 1.